The molecule has 224 valence electrons. The van der Waals surface area contributed by atoms with E-state index in [1.807, 2.05) is 0 Å². The third-order valence-corrected chi connectivity index (χ3v) is 6.12. The number of halogens is 1. The molecule has 1 aliphatic rings. The molecule has 12 heteroatoms. The number of nitrogens with zero attached hydrogens (tertiary/aromatic N) is 2. The van der Waals surface area contributed by atoms with Gasteiger partial charge in [0.15, 0.2) is 0 Å². The van der Waals surface area contributed by atoms with Crippen LogP contribution in [-0.2, 0) is 32.2 Å². The van der Waals surface area contributed by atoms with Crippen molar-refractivity contribution in [2.75, 3.05) is 13.7 Å². The van der Waals surface area contributed by atoms with Gasteiger partial charge in [0.25, 0.3) is 5.91 Å². The Hall–Kier alpha value is -5.26. The number of carbonyl (C=O) groups excluding carboxylic acids is 5. The molecular weight excluding hydrogens is 561 g/mol. The molecule has 0 atom stereocenters. The van der Waals surface area contributed by atoms with Crippen LogP contribution in [0.1, 0.15) is 42.3 Å². The number of esters is 1. The van der Waals surface area contributed by atoms with Gasteiger partial charge in [0.2, 0.25) is 0 Å². The molecule has 1 aliphatic heterocycles. The maximum absolute atomic E-state index is 13.1. The number of ether oxygens (including phenoxy) is 3. The van der Waals surface area contributed by atoms with Gasteiger partial charge in [0, 0.05) is 6.54 Å². The van der Waals surface area contributed by atoms with Gasteiger partial charge in [-0.3, -0.25) is 24.1 Å². The zero-order chi connectivity index (χ0) is 31.3. The third-order valence-electron chi connectivity index (χ3n) is 6.12. The number of carbonyl (C=O) groups is 5. The van der Waals surface area contributed by atoms with E-state index in [2.05, 4.69) is 5.32 Å². The maximum atomic E-state index is 13.1. The molecule has 0 spiro atoms. The van der Waals surface area contributed by atoms with Gasteiger partial charge in [-0.15, -0.1) is 0 Å². The highest BCUT2D eigenvalue weighted by Crippen LogP contribution is 2.24. The van der Waals surface area contributed by atoms with Gasteiger partial charge in [0.05, 0.1) is 19.2 Å². The zero-order valence-electron chi connectivity index (χ0n) is 24.0. The summed E-state index contributed by atoms with van der Waals surface area (Å²) in [5.41, 5.74) is 0.455. The van der Waals surface area contributed by atoms with Crippen molar-refractivity contribution in [1.82, 2.24) is 15.1 Å². The first-order valence-corrected chi connectivity index (χ1v) is 13.2. The van der Waals surface area contributed by atoms with Crippen molar-refractivity contribution in [3.05, 3.63) is 89.2 Å². The first kappa shape index (κ1) is 30.7. The van der Waals surface area contributed by atoms with Crippen LogP contribution in [0.3, 0.4) is 0 Å². The van der Waals surface area contributed by atoms with Crippen molar-refractivity contribution in [3.63, 3.8) is 0 Å². The summed E-state index contributed by atoms with van der Waals surface area (Å²) in [7, 11) is 1.40. The van der Waals surface area contributed by atoms with Crippen LogP contribution >= 0.6 is 0 Å². The predicted molar refractivity (Wildman–Crippen MR) is 151 cm³/mol. The summed E-state index contributed by atoms with van der Waals surface area (Å²) in [5, 5.41) is 2.80. The SMILES string of the molecule is COc1ccc(CN2C(=O)C(=O)N(CC(=O)OC(C)(C)C)C2=O)cc1C(=O)NCc1ccc(Oc2ccc(F)cc2)cc1. The van der Waals surface area contributed by atoms with Gasteiger partial charge in [-0.05, 0) is 80.4 Å². The van der Waals surface area contributed by atoms with Crippen molar-refractivity contribution in [2.45, 2.75) is 39.5 Å². The molecule has 1 fully saturated rings. The summed E-state index contributed by atoms with van der Waals surface area (Å²) in [6.45, 7) is 4.06. The first-order valence-electron chi connectivity index (χ1n) is 13.2. The molecular formula is C31H30FN3O8. The molecule has 3 aromatic rings. The monoisotopic (exact) mass is 591 g/mol. The molecule has 1 heterocycles. The van der Waals surface area contributed by atoms with Crippen molar-refractivity contribution < 1.29 is 42.6 Å². The van der Waals surface area contributed by atoms with Crippen molar-refractivity contribution in [2.24, 2.45) is 0 Å². The van der Waals surface area contributed by atoms with E-state index in [1.165, 1.54) is 43.5 Å². The van der Waals surface area contributed by atoms with E-state index in [-0.39, 0.29) is 30.2 Å². The molecule has 1 saturated heterocycles. The fraction of sp³-hybridized carbons (Fsp3) is 0.258. The highest BCUT2D eigenvalue weighted by Gasteiger charge is 2.45. The van der Waals surface area contributed by atoms with Crippen molar-refractivity contribution in [3.8, 4) is 17.2 Å². The highest BCUT2D eigenvalue weighted by atomic mass is 19.1. The number of urea groups is 1. The Morgan fingerprint density at radius 2 is 1.42 bits per heavy atom. The van der Waals surface area contributed by atoms with Gasteiger partial charge in [-0.25, -0.2) is 14.1 Å². The summed E-state index contributed by atoms with van der Waals surface area (Å²) in [4.78, 5) is 64.3. The molecule has 0 bridgehead atoms. The van der Waals surface area contributed by atoms with Crippen LogP contribution in [-0.4, -0.2) is 58.8 Å². The molecule has 0 unspecified atom stereocenters. The Kier molecular flexibility index (Phi) is 9.08. The molecule has 1 N–H and O–H groups in total. The van der Waals surface area contributed by atoms with Gasteiger partial charge in [-0.2, -0.15) is 0 Å². The summed E-state index contributed by atoms with van der Waals surface area (Å²) >= 11 is 0. The summed E-state index contributed by atoms with van der Waals surface area (Å²) in [6.07, 6.45) is 0. The molecule has 11 nitrogen and oxygen atoms in total. The molecule has 43 heavy (non-hydrogen) atoms. The van der Waals surface area contributed by atoms with E-state index < -0.39 is 41.9 Å². The molecule has 4 rings (SSSR count). The quantitative estimate of drug-likeness (QED) is 0.211. The molecule has 5 amide bonds. The smallest absolute Gasteiger partial charge is 0.335 e. The molecule has 0 aliphatic carbocycles. The average Bonchev–Trinajstić information content (AvgIpc) is 3.15. The Balaban J connectivity index is 1.40. The minimum absolute atomic E-state index is 0.146. The molecule has 0 radical (unpaired) electrons. The van der Waals surface area contributed by atoms with Gasteiger partial charge >= 0.3 is 23.8 Å². The Labute approximate surface area is 247 Å². The second-order valence-corrected chi connectivity index (χ2v) is 10.6. The third kappa shape index (κ3) is 7.73. The van der Waals surface area contributed by atoms with Crippen LogP contribution in [0, 0.1) is 5.82 Å². The average molecular weight is 592 g/mol. The number of amides is 5. The molecule has 3 aromatic carbocycles. The minimum Gasteiger partial charge on any atom is -0.496 e. The standard InChI is InChI=1S/C31H30FN3O8/c1-31(2,3)43-26(36)18-35-29(39)28(38)34(30(35)40)17-20-7-14-25(41-4)24(15-20)27(37)33-16-19-5-10-22(11-6-19)42-23-12-8-21(32)9-13-23/h5-15H,16-18H2,1-4H3,(H,33,37). The largest absolute Gasteiger partial charge is 0.496 e. The number of rotatable bonds is 10. The van der Waals surface area contributed by atoms with Crippen LogP contribution in [0.5, 0.6) is 17.2 Å². The molecule has 0 saturated carbocycles. The second-order valence-electron chi connectivity index (χ2n) is 10.6. The Morgan fingerprint density at radius 3 is 2.02 bits per heavy atom. The Bertz CT molecular complexity index is 1550. The number of hydrogen-bond acceptors (Lipinski definition) is 8. The van der Waals surface area contributed by atoms with E-state index in [9.17, 15) is 28.4 Å². The van der Waals surface area contributed by atoms with E-state index in [0.717, 1.165) is 5.56 Å². The van der Waals surface area contributed by atoms with Crippen LogP contribution < -0.4 is 14.8 Å². The van der Waals surface area contributed by atoms with Gasteiger partial charge < -0.3 is 19.5 Å². The van der Waals surface area contributed by atoms with E-state index in [1.54, 1.807) is 51.1 Å². The fourth-order valence-corrected chi connectivity index (χ4v) is 4.14. The lowest BCUT2D eigenvalue weighted by Crippen LogP contribution is -2.39. The zero-order valence-corrected chi connectivity index (χ0v) is 24.0. The summed E-state index contributed by atoms with van der Waals surface area (Å²) < 4.78 is 29.2. The van der Waals surface area contributed by atoms with Crippen LogP contribution in [0.2, 0.25) is 0 Å². The lowest BCUT2D eigenvalue weighted by Gasteiger charge is -2.21. The lowest BCUT2D eigenvalue weighted by atomic mass is 10.1. The number of nitrogens with one attached hydrogen (secondary N) is 1. The lowest BCUT2D eigenvalue weighted by molar-refractivity contribution is -0.157. The normalized spacial score (nSPS) is 13.3. The van der Waals surface area contributed by atoms with E-state index in [4.69, 9.17) is 14.2 Å². The van der Waals surface area contributed by atoms with Crippen molar-refractivity contribution >= 4 is 29.7 Å². The summed E-state index contributed by atoms with van der Waals surface area (Å²) in [5.74, 6) is -2.65. The predicted octanol–water partition coefficient (Wildman–Crippen LogP) is 4.19. The minimum atomic E-state index is -1.14. The van der Waals surface area contributed by atoms with E-state index in [0.29, 0.717) is 26.9 Å². The van der Waals surface area contributed by atoms with E-state index >= 15 is 0 Å². The highest BCUT2D eigenvalue weighted by molar-refractivity contribution is 6.44. The topological polar surface area (TPSA) is 132 Å². The van der Waals surface area contributed by atoms with Crippen LogP contribution in [0.4, 0.5) is 9.18 Å². The second kappa shape index (κ2) is 12.7. The van der Waals surface area contributed by atoms with Crippen LogP contribution in [0.15, 0.2) is 66.7 Å². The summed E-state index contributed by atoms with van der Waals surface area (Å²) in [6, 6.07) is 16.1. The van der Waals surface area contributed by atoms with Gasteiger partial charge in [0.1, 0.15) is 35.2 Å². The number of imide groups is 2. The number of hydrogen-bond donors (Lipinski definition) is 1. The van der Waals surface area contributed by atoms with Crippen molar-refractivity contribution in [1.29, 1.82) is 0 Å². The first-order chi connectivity index (χ1) is 20.3. The number of methoxy groups -OCH3 is 1. The maximum Gasteiger partial charge on any atom is 0.335 e. The Morgan fingerprint density at radius 1 is 0.837 bits per heavy atom. The number of benzene rings is 3. The fourth-order valence-electron chi connectivity index (χ4n) is 4.14. The van der Waals surface area contributed by atoms with Gasteiger partial charge in [-0.1, -0.05) is 18.2 Å². The van der Waals surface area contributed by atoms with Crippen LogP contribution in [0.25, 0.3) is 0 Å². The molecule has 0 aromatic heterocycles.